The fourth-order valence-corrected chi connectivity index (χ4v) is 1.92. The summed E-state index contributed by atoms with van der Waals surface area (Å²) >= 11 is 0. The molecule has 0 aromatic heterocycles. The molecule has 16 heavy (non-hydrogen) atoms. The number of hydrogen-bond donors (Lipinski definition) is 0. The maximum Gasteiger partial charge on any atom is 0.246 e. The summed E-state index contributed by atoms with van der Waals surface area (Å²) in [5.41, 5.74) is 0. The quantitative estimate of drug-likeness (QED) is 0.407. The first-order valence-corrected chi connectivity index (χ1v) is 5.82. The van der Waals surface area contributed by atoms with Gasteiger partial charge in [-0.2, -0.15) is 0 Å². The van der Waals surface area contributed by atoms with E-state index >= 15 is 0 Å². The minimum Gasteiger partial charge on any atom is -0.361 e. The Morgan fingerprint density at radius 1 is 1.69 bits per heavy atom. The van der Waals surface area contributed by atoms with Gasteiger partial charge in [-0.15, -0.1) is 0 Å². The van der Waals surface area contributed by atoms with Crippen molar-refractivity contribution in [1.82, 2.24) is 9.80 Å². The van der Waals surface area contributed by atoms with Crippen molar-refractivity contribution < 1.29 is 4.79 Å². The SMILES string of the molecule is C=CC(=O)N1CCCC(N(C)C=NCC)C1. The van der Waals surface area contributed by atoms with Crippen molar-refractivity contribution in [2.45, 2.75) is 25.8 Å². The topological polar surface area (TPSA) is 35.9 Å². The Morgan fingerprint density at radius 3 is 3.06 bits per heavy atom. The smallest absolute Gasteiger partial charge is 0.246 e. The van der Waals surface area contributed by atoms with Gasteiger partial charge in [0.1, 0.15) is 0 Å². The van der Waals surface area contributed by atoms with Crippen LogP contribution in [0.2, 0.25) is 0 Å². The zero-order valence-electron chi connectivity index (χ0n) is 10.2. The molecule has 0 aromatic rings. The van der Waals surface area contributed by atoms with Gasteiger partial charge in [-0.25, -0.2) is 0 Å². The van der Waals surface area contributed by atoms with Crippen LogP contribution >= 0.6 is 0 Å². The molecule has 0 radical (unpaired) electrons. The summed E-state index contributed by atoms with van der Waals surface area (Å²) in [5.74, 6) is 0.0329. The van der Waals surface area contributed by atoms with Gasteiger partial charge < -0.3 is 9.80 Å². The second kappa shape index (κ2) is 6.30. The van der Waals surface area contributed by atoms with E-state index in [1.807, 2.05) is 25.2 Å². The maximum atomic E-state index is 11.5. The summed E-state index contributed by atoms with van der Waals surface area (Å²) in [5, 5.41) is 0. The van der Waals surface area contributed by atoms with Crippen molar-refractivity contribution in [3.05, 3.63) is 12.7 Å². The number of likely N-dealkylation sites (tertiary alicyclic amines) is 1. The van der Waals surface area contributed by atoms with Crippen LogP contribution in [-0.4, -0.2) is 54.8 Å². The van der Waals surface area contributed by atoms with E-state index in [0.29, 0.717) is 6.04 Å². The van der Waals surface area contributed by atoms with Crippen molar-refractivity contribution >= 4 is 12.2 Å². The van der Waals surface area contributed by atoms with Gasteiger partial charge in [-0.3, -0.25) is 9.79 Å². The Morgan fingerprint density at radius 2 is 2.44 bits per heavy atom. The molecule has 1 unspecified atom stereocenters. The molecule has 4 heteroatoms. The summed E-state index contributed by atoms with van der Waals surface area (Å²) < 4.78 is 0. The summed E-state index contributed by atoms with van der Waals surface area (Å²) in [4.78, 5) is 19.7. The Balaban J connectivity index is 2.52. The van der Waals surface area contributed by atoms with E-state index in [-0.39, 0.29) is 5.91 Å². The van der Waals surface area contributed by atoms with Gasteiger partial charge in [-0.1, -0.05) is 6.58 Å². The molecule has 4 nitrogen and oxygen atoms in total. The zero-order chi connectivity index (χ0) is 12.0. The van der Waals surface area contributed by atoms with Gasteiger partial charge in [0.25, 0.3) is 0 Å². The highest BCUT2D eigenvalue weighted by Gasteiger charge is 2.23. The van der Waals surface area contributed by atoms with E-state index in [0.717, 1.165) is 32.5 Å². The normalized spacial score (nSPS) is 21.1. The fourth-order valence-electron chi connectivity index (χ4n) is 1.92. The molecule has 1 heterocycles. The highest BCUT2D eigenvalue weighted by molar-refractivity contribution is 5.87. The van der Waals surface area contributed by atoms with Crippen LogP contribution in [0.1, 0.15) is 19.8 Å². The number of rotatable bonds is 4. The standard InChI is InChI=1S/C12H21N3O/c1-4-12(16)15-8-6-7-11(9-15)14(3)10-13-5-2/h4,10-11H,1,5-9H2,2-3H3. The third-order valence-corrected chi connectivity index (χ3v) is 2.91. The van der Waals surface area contributed by atoms with Gasteiger partial charge in [0, 0.05) is 32.7 Å². The van der Waals surface area contributed by atoms with E-state index in [1.165, 1.54) is 6.08 Å². The molecule has 0 saturated carbocycles. The van der Waals surface area contributed by atoms with Gasteiger partial charge in [0.2, 0.25) is 5.91 Å². The van der Waals surface area contributed by atoms with Crippen LogP contribution in [0.4, 0.5) is 0 Å². The summed E-state index contributed by atoms with van der Waals surface area (Å²) in [6.07, 6.45) is 5.43. The molecule has 0 N–H and O–H groups in total. The molecule has 1 atom stereocenters. The Hall–Kier alpha value is -1.32. The van der Waals surface area contributed by atoms with E-state index in [2.05, 4.69) is 16.5 Å². The second-order valence-electron chi connectivity index (χ2n) is 4.06. The largest absolute Gasteiger partial charge is 0.361 e. The number of likely N-dealkylation sites (N-methyl/N-ethyl adjacent to an activating group) is 1. The number of nitrogens with zero attached hydrogens (tertiary/aromatic N) is 3. The van der Waals surface area contributed by atoms with Crippen molar-refractivity contribution in [3.63, 3.8) is 0 Å². The second-order valence-corrected chi connectivity index (χ2v) is 4.06. The highest BCUT2D eigenvalue weighted by atomic mass is 16.2. The Bertz CT molecular complexity index is 275. The van der Waals surface area contributed by atoms with Gasteiger partial charge >= 0.3 is 0 Å². The average molecular weight is 223 g/mol. The Labute approximate surface area is 97.6 Å². The van der Waals surface area contributed by atoms with Crippen LogP contribution in [0.5, 0.6) is 0 Å². The number of hydrogen-bond acceptors (Lipinski definition) is 2. The van der Waals surface area contributed by atoms with E-state index < -0.39 is 0 Å². The monoisotopic (exact) mass is 223 g/mol. The predicted molar refractivity (Wildman–Crippen MR) is 66.6 cm³/mol. The van der Waals surface area contributed by atoms with Gasteiger partial charge in [-0.05, 0) is 25.8 Å². The number of amides is 1. The fraction of sp³-hybridized carbons (Fsp3) is 0.667. The van der Waals surface area contributed by atoms with Crippen LogP contribution in [0.15, 0.2) is 17.6 Å². The van der Waals surface area contributed by atoms with Crippen molar-refractivity contribution in [1.29, 1.82) is 0 Å². The van der Waals surface area contributed by atoms with E-state index in [1.54, 1.807) is 0 Å². The highest BCUT2D eigenvalue weighted by Crippen LogP contribution is 2.14. The molecule has 1 aliphatic rings. The molecule has 1 saturated heterocycles. The molecular formula is C12H21N3O. The molecular weight excluding hydrogens is 202 g/mol. The van der Waals surface area contributed by atoms with E-state index in [9.17, 15) is 4.79 Å². The van der Waals surface area contributed by atoms with Crippen molar-refractivity contribution in [2.75, 3.05) is 26.7 Å². The lowest BCUT2D eigenvalue weighted by Gasteiger charge is -2.36. The molecule has 1 amide bonds. The summed E-state index contributed by atoms with van der Waals surface area (Å²) in [6, 6.07) is 0.382. The molecule has 0 spiro atoms. The van der Waals surface area contributed by atoms with Crippen molar-refractivity contribution in [2.24, 2.45) is 4.99 Å². The molecule has 1 fully saturated rings. The van der Waals surface area contributed by atoms with Crippen LogP contribution < -0.4 is 0 Å². The Kier molecular flexibility index (Phi) is 5.02. The zero-order valence-corrected chi connectivity index (χ0v) is 10.2. The number of aliphatic imine (C=N–C) groups is 1. The number of piperidine rings is 1. The van der Waals surface area contributed by atoms with Gasteiger partial charge in [0.15, 0.2) is 0 Å². The first-order chi connectivity index (χ1) is 7.69. The van der Waals surface area contributed by atoms with Crippen LogP contribution in [0.3, 0.4) is 0 Å². The lowest BCUT2D eigenvalue weighted by molar-refractivity contribution is -0.127. The number of carbonyl (C=O) groups is 1. The van der Waals surface area contributed by atoms with Crippen LogP contribution in [0, 0.1) is 0 Å². The predicted octanol–water partition coefficient (Wildman–Crippen LogP) is 1.14. The summed E-state index contributed by atoms with van der Waals surface area (Å²) in [7, 11) is 2.02. The number of carbonyl (C=O) groups excluding carboxylic acids is 1. The van der Waals surface area contributed by atoms with Crippen LogP contribution in [0.25, 0.3) is 0 Å². The lowest BCUT2D eigenvalue weighted by Crippen LogP contribution is -2.47. The van der Waals surface area contributed by atoms with E-state index in [4.69, 9.17) is 0 Å². The molecule has 1 rings (SSSR count). The molecule has 1 aliphatic heterocycles. The first kappa shape index (κ1) is 12.7. The minimum absolute atomic E-state index is 0.0329. The maximum absolute atomic E-state index is 11.5. The third-order valence-electron chi connectivity index (χ3n) is 2.91. The molecule has 0 aliphatic carbocycles. The molecule has 0 aromatic carbocycles. The average Bonchev–Trinajstić information content (AvgIpc) is 2.35. The first-order valence-electron chi connectivity index (χ1n) is 5.82. The van der Waals surface area contributed by atoms with Crippen LogP contribution in [-0.2, 0) is 4.79 Å². The molecule has 0 bridgehead atoms. The lowest BCUT2D eigenvalue weighted by atomic mass is 10.0. The van der Waals surface area contributed by atoms with Crippen molar-refractivity contribution in [3.8, 4) is 0 Å². The summed E-state index contributed by atoms with van der Waals surface area (Å²) in [6.45, 7) is 7.96. The third kappa shape index (κ3) is 3.36. The minimum atomic E-state index is 0.0329. The van der Waals surface area contributed by atoms with Gasteiger partial charge in [0.05, 0.1) is 6.34 Å². The molecule has 90 valence electrons.